The highest BCUT2D eigenvalue weighted by Crippen LogP contribution is 2.30. The van der Waals surface area contributed by atoms with Gasteiger partial charge in [-0.05, 0) is 37.5 Å². The summed E-state index contributed by atoms with van der Waals surface area (Å²) < 4.78 is 5.26. The van der Waals surface area contributed by atoms with Gasteiger partial charge in [-0.15, -0.1) is 0 Å². The molecule has 5 nitrogen and oxygen atoms in total. The average Bonchev–Trinajstić information content (AvgIpc) is 2.46. The third kappa shape index (κ3) is 3.54. The lowest BCUT2D eigenvalue weighted by atomic mass is 9.98. The first kappa shape index (κ1) is 15.8. The molecule has 2 N–H and O–H groups in total. The number of phenols is 1. The topological polar surface area (TPSA) is 61.8 Å². The number of benzene rings is 1. The molecule has 21 heavy (non-hydrogen) atoms. The Morgan fingerprint density at radius 3 is 2.43 bits per heavy atom. The molecule has 0 aromatic heterocycles. The number of carbonyl (C=O) groups excluding carboxylic acids is 1. The lowest BCUT2D eigenvalue weighted by molar-refractivity contribution is -0.150. The first-order valence-electron chi connectivity index (χ1n) is 7.46. The van der Waals surface area contributed by atoms with Crippen molar-refractivity contribution in [1.29, 1.82) is 0 Å². The molecule has 1 aromatic carbocycles. The smallest absolute Gasteiger partial charge is 0.328 e. The molecule has 1 atom stereocenters. The van der Waals surface area contributed by atoms with Crippen molar-refractivity contribution >= 4 is 5.97 Å². The molecule has 1 aromatic rings. The summed E-state index contributed by atoms with van der Waals surface area (Å²) in [5.41, 5.74) is 2.46. The number of esters is 1. The molecule has 5 heteroatoms. The summed E-state index contributed by atoms with van der Waals surface area (Å²) in [5.74, 6) is 0.0746. The van der Waals surface area contributed by atoms with E-state index in [-0.39, 0.29) is 5.97 Å². The van der Waals surface area contributed by atoms with E-state index >= 15 is 0 Å². The number of nitrogens with zero attached hydrogens (tertiary/aromatic N) is 1. The van der Waals surface area contributed by atoms with Gasteiger partial charge in [-0.1, -0.05) is 12.1 Å². The summed E-state index contributed by atoms with van der Waals surface area (Å²) in [6.07, 6.45) is 0. The summed E-state index contributed by atoms with van der Waals surface area (Å²) in [5, 5.41) is 13.2. The normalized spacial score (nSPS) is 17.5. The minimum Gasteiger partial charge on any atom is -0.507 e. The van der Waals surface area contributed by atoms with Crippen LogP contribution in [0, 0.1) is 13.8 Å². The summed E-state index contributed by atoms with van der Waals surface area (Å²) >= 11 is 0. The molecule has 0 amide bonds. The van der Waals surface area contributed by atoms with Crippen LogP contribution in [0.25, 0.3) is 0 Å². The van der Waals surface area contributed by atoms with Gasteiger partial charge in [0.2, 0.25) is 0 Å². The molecule has 1 aliphatic heterocycles. The van der Waals surface area contributed by atoms with Crippen LogP contribution in [0.5, 0.6) is 5.75 Å². The fourth-order valence-electron chi connectivity index (χ4n) is 2.80. The second-order valence-electron chi connectivity index (χ2n) is 5.44. The number of carbonyl (C=O) groups is 1. The average molecular weight is 292 g/mol. The van der Waals surface area contributed by atoms with Crippen LogP contribution in [0.15, 0.2) is 12.1 Å². The molecule has 1 saturated heterocycles. The number of aryl methyl sites for hydroxylation is 2. The van der Waals surface area contributed by atoms with Crippen molar-refractivity contribution < 1.29 is 14.6 Å². The van der Waals surface area contributed by atoms with E-state index in [9.17, 15) is 9.90 Å². The number of aromatic hydroxyl groups is 1. The van der Waals surface area contributed by atoms with Crippen LogP contribution in [0.2, 0.25) is 0 Å². The van der Waals surface area contributed by atoms with E-state index in [0.29, 0.717) is 12.4 Å². The van der Waals surface area contributed by atoms with Crippen molar-refractivity contribution in [3.63, 3.8) is 0 Å². The molecule has 0 spiro atoms. The number of hydrogen-bond acceptors (Lipinski definition) is 5. The molecule has 116 valence electrons. The molecule has 0 radical (unpaired) electrons. The van der Waals surface area contributed by atoms with Crippen molar-refractivity contribution in [2.24, 2.45) is 0 Å². The Bertz CT molecular complexity index is 487. The number of piperazine rings is 1. The third-order valence-electron chi connectivity index (χ3n) is 3.86. The van der Waals surface area contributed by atoms with Gasteiger partial charge in [-0.2, -0.15) is 0 Å². The minimum atomic E-state index is -0.398. The molecule has 2 rings (SSSR count). The van der Waals surface area contributed by atoms with Crippen LogP contribution in [0.1, 0.15) is 29.7 Å². The van der Waals surface area contributed by atoms with E-state index in [4.69, 9.17) is 4.74 Å². The van der Waals surface area contributed by atoms with Gasteiger partial charge in [0, 0.05) is 26.2 Å². The number of ether oxygens (including phenoxy) is 1. The van der Waals surface area contributed by atoms with Gasteiger partial charge in [-0.3, -0.25) is 4.90 Å². The van der Waals surface area contributed by atoms with Crippen LogP contribution in [0.3, 0.4) is 0 Å². The predicted octanol–water partition coefficient (Wildman–Crippen LogP) is 1.52. The van der Waals surface area contributed by atoms with E-state index < -0.39 is 6.04 Å². The second-order valence-corrected chi connectivity index (χ2v) is 5.44. The van der Waals surface area contributed by atoms with Gasteiger partial charge in [0.1, 0.15) is 11.8 Å². The molecule has 0 aliphatic carbocycles. The zero-order valence-corrected chi connectivity index (χ0v) is 13.0. The Morgan fingerprint density at radius 1 is 1.33 bits per heavy atom. The van der Waals surface area contributed by atoms with Gasteiger partial charge in [0.25, 0.3) is 0 Å². The Balaban J connectivity index is 2.36. The van der Waals surface area contributed by atoms with E-state index in [0.717, 1.165) is 42.9 Å². The molecule has 1 unspecified atom stereocenters. The van der Waals surface area contributed by atoms with E-state index in [2.05, 4.69) is 10.2 Å². The van der Waals surface area contributed by atoms with Crippen LogP contribution < -0.4 is 5.32 Å². The zero-order valence-electron chi connectivity index (χ0n) is 13.0. The third-order valence-corrected chi connectivity index (χ3v) is 3.86. The fraction of sp³-hybridized carbons (Fsp3) is 0.562. The van der Waals surface area contributed by atoms with Crippen molar-refractivity contribution in [3.05, 3.63) is 28.8 Å². The number of nitrogens with one attached hydrogen (secondary N) is 1. The highest BCUT2D eigenvalue weighted by atomic mass is 16.5. The van der Waals surface area contributed by atoms with E-state index in [1.165, 1.54) is 0 Å². The molecule has 0 saturated carbocycles. The second kappa shape index (κ2) is 6.91. The standard InChI is InChI=1S/C16H24N2O3/c1-4-21-16(20)14(18-7-5-17-6-8-18)13-9-11(2)15(19)12(3)10-13/h9-10,14,17,19H,4-8H2,1-3H3. The van der Waals surface area contributed by atoms with Crippen LogP contribution >= 0.6 is 0 Å². The SMILES string of the molecule is CCOC(=O)C(c1cc(C)c(O)c(C)c1)N1CCNCC1. The van der Waals surface area contributed by atoms with Gasteiger partial charge >= 0.3 is 5.97 Å². The lowest BCUT2D eigenvalue weighted by Crippen LogP contribution is -2.47. The Kier molecular flexibility index (Phi) is 5.20. The predicted molar refractivity (Wildman–Crippen MR) is 81.4 cm³/mol. The number of rotatable bonds is 4. The molecule has 1 fully saturated rings. The fourth-order valence-corrected chi connectivity index (χ4v) is 2.80. The Hall–Kier alpha value is -1.59. The van der Waals surface area contributed by atoms with Crippen molar-refractivity contribution in [2.45, 2.75) is 26.8 Å². The minimum absolute atomic E-state index is 0.219. The van der Waals surface area contributed by atoms with Crippen LogP contribution in [-0.4, -0.2) is 48.8 Å². The highest BCUT2D eigenvalue weighted by molar-refractivity contribution is 5.78. The molecular weight excluding hydrogens is 268 g/mol. The largest absolute Gasteiger partial charge is 0.507 e. The maximum Gasteiger partial charge on any atom is 0.328 e. The lowest BCUT2D eigenvalue weighted by Gasteiger charge is -2.34. The summed E-state index contributed by atoms with van der Waals surface area (Å²) in [6.45, 7) is 9.25. The summed E-state index contributed by atoms with van der Waals surface area (Å²) in [6, 6.07) is 3.36. The number of hydrogen-bond donors (Lipinski definition) is 2. The van der Waals surface area contributed by atoms with Crippen LogP contribution in [-0.2, 0) is 9.53 Å². The van der Waals surface area contributed by atoms with Gasteiger partial charge in [-0.25, -0.2) is 4.79 Å². The summed E-state index contributed by atoms with van der Waals surface area (Å²) in [4.78, 5) is 14.5. The molecule has 1 heterocycles. The first-order valence-corrected chi connectivity index (χ1v) is 7.46. The van der Waals surface area contributed by atoms with Gasteiger partial charge in [0.15, 0.2) is 0 Å². The highest BCUT2D eigenvalue weighted by Gasteiger charge is 2.30. The maximum atomic E-state index is 12.4. The monoisotopic (exact) mass is 292 g/mol. The molecule has 0 bridgehead atoms. The van der Waals surface area contributed by atoms with Crippen molar-refractivity contribution in [1.82, 2.24) is 10.2 Å². The van der Waals surface area contributed by atoms with E-state index in [1.54, 1.807) is 0 Å². The van der Waals surface area contributed by atoms with Crippen molar-refractivity contribution in [2.75, 3.05) is 32.8 Å². The van der Waals surface area contributed by atoms with Crippen LogP contribution in [0.4, 0.5) is 0 Å². The first-order chi connectivity index (χ1) is 10.0. The van der Waals surface area contributed by atoms with Gasteiger partial charge < -0.3 is 15.2 Å². The summed E-state index contributed by atoms with van der Waals surface area (Å²) in [7, 11) is 0. The maximum absolute atomic E-state index is 12.4. The van der Waals surface area contributed by atoms with E-state index in [1.807, 2.05) is 32.9 Å². The number of phenolic OH excluding ortho intramolecular Hbond substituents is 1. The zero-order chi connectivity index (χ0) is 15.4. The molecule has 1 aliphatic rings. The Labute approximate surface area is 125 Å². The Morgan fingerprint density at radius 2 is 1.90 bits per heavy atom. The van der Waals surface area contributed by atoms with Gasteiger partial charge in [0.05, 0.1) is 6.61 Å². The quantitative estimate of drug-likeness (QED) is 0.824. The van der Waals surface area contributed by atoms with Crippen molar-refractivity contribution in [3.8, 4) is 5.75 Å². The molecular formula is C16H24N2O3.